The van der Waals surface area contributed by atoms with Gasteiger partial charge in [0.25, 0.3) is 11.6 Å². The Morgan fingerprint density at radius 2 is 2.17 bits per heavy atom. The molecule has 0 saturated heterocycles. The summed E-state index contributed by atoms with van der Waals surface area (Å²) in [5.74, 6) is -0.200. The van der Waals surface area contributed by atoms with E-state index in [2.05, 4.69) is 17.0 Å². The van der Waals surface area contributed by atoms with E-state index in [4.69, 9.17) is 0 Å². The molecule has 1 amide bonds. The summed E-state index contributed by atoms with van der Waals surface area (Å²) in [4.78, 5) is 28.8. The predicted molar refractivity (Wildman–Crippen MR) is 84.5 cm³/mol. The highest BCUT2D eigenvalue weighted by Gasteiger charge is 2.21. The number of hydrogen-bond donors (Lipinski definition) is 0. The summed E-state index contributed by atoms with van der Waals surface area (Å²) in [6, 6.07) is 4.41. The van der Waals surface area contributed by atoms with E-state index in [1.807, 2.05) is 6.92 Å². The van der Waals surface area contributed by atoms with Gasteiger partial charge in [-0.1, -0.05) is 13.3 Å². The maximum absolute atomic E-state index is 12.5. The molecule has 0 atom stereocenters. The first-order chi connectivity index (χ1) is 11.1. The van der Waals surface area contributed by atoms with Gasteiger partial charge in [0.1, 0.15) is 18.3 Å². The van der Waals surface area contributed by atoms with Crippen molar-refractivity contribution in [2.45, 2.75) is 26.7 Å². The molecule has 122 valence electrons. The summed E-state index contributed by atoms with van der Waals surface area (Å²) < 4.78 is 1.31. The highest BCUT2D eigenvalue weighted by atomic mass is 16.6. The quantitative estimate of drug-likeness (QED) is 0.577. The van der Waals surface area contributed by atoms with E-state index in [-0.39, 0.29) is 17.3 Å². The van der Waals surface area contributed by atoms with Gasteiger partial charge in [0, 0.05) is 24.7 Å². The van der Waals surface area contributed by atoms with Crippen molar-refractivity contribution in [3.05, 3.63) is 46.5 Å². The molecule has 0 unspecified atom stereocenters. The third-order valence-electron chi connectivity index (χ3n) is 3.54. The molecule has 0 spiro atoms. The average molecular weight is 317 g/mol. The number of unbranched alkanes of at least 4 members (excludes halogenated alkanes) is 1. The zero-order chi connectivity index (χ0) is 16.8. The zero-order valence-corrected chi connectivity index (χ0v) is 13.2. The lowest BCUT2D eigenvalue weighted by Crippen LogP contribution is -2.31. The highest BCUT2D eigenvalue weighted by molar-refractivity contribution is 5.95. The monoisotopic (exact) mass is 317 g/mol. The van der Waals surface area contributed by atoms with Crippen LogP contribution in [0.1, 0.15) is 37.0 Å². The molecule has 2 rings (SSSR count). The van der Waals surface area contributed by atoms with Crippen LogP contribution in [0.15, 0.2) is 30.9 Å². The fourth-order valence-electron chi connectivity index (χ4n) is 2.26. The minimum Gasteiger partial charge on any atom is -0.339 e. The van der Waals surface area contributed by atoms with Gasteiger partial charge in [0.2, 0.25) is 0 Å². The molecule has 0 fully saturated rings. The van der Waals surface area contributed by atoms with Gasteiger partial charge in [-0.15, -0.1) is 0 Å². The van der Waals surface area contributed by atoms with Gasteiger partial charge in [-0.2, -0.15) is 5.10 Å². The summed E-state index contributed by atoms with van der Waals surface area (Å²) in [7, 11) is 0. The molecule has 23 heavy (non-hydrogen) atoms. The largest absolute Gasteiger partial charge is 0.339 e. The summed E-state index contributed by atoms with van der Waals surface area (Å²) in [6.45, 7) is 5.16. The number of nitrogens with zero attached hydrogens (tertiary/aromatic N) is 5. The van der Waals surface area contributed by atoms with Crippen LogP contribution in [0.4, 0.5) is 5.69 Å². The molecular weight excluding hydrogens is 298 g/mol. The van der Waals surface area contributed by atoms with Crippen molar-refractivity contribution < 1.29 is 9.72 Å². The maximum Gasteiger partial charge on any atom is 0.295 e. The number of nitro benzene ring substituents is 1. The van der Waals surface area contributed by atoms with Crippen molar-refractivity contribution in [3.63, 3.8) is 0 Å². The molecule has 1 heterocycles. The Morgan fingerprint density at radius 1 is 1.39 bits per heavy atom. The number of carbonyl (C=O) groups is 1. The molecule has 0 aliphatic carbocycles. The van der Waals surface area contributed by atoms with Crippen molar-refractivity contribution in [2.24, 2.45) is 0 Å². The van der Waals surface area contributed by atoms with Crippen LogP contribution in [-0.4, -0.2) is 43.6 Å². The minimum absolute atomic E-state index is 0.173. The van der Waals surface area contributed by atoms with Crippen molar-refractivity contribution >= 4 is 11.6 Å². The van der Waals surface area contributed by atoms with Gasteiger partial charge in [0.05, 0.1) is 4.92 Å². The second-order valence-corrected chi connectivity index (χ2v) is 5.04. The lowest BCUT2D eigenvalue weighted by atomic mass is 10.1. The van der Waals surface area contributed by atoms with Crippen LogP contribution in [0.2, 0.25) is 0 Å². The molecular formula is C15H19N5O3. The van der Waals surface area contributed by atoms with Crippen LogP contribution in [0, 0.1) is 10.1 Å². The number of benzene rings is 1. The Hall–Kier alpha value is -2.77. The number of hydrogen-bond acceptors (Lipinski definition) is 5. The second-order valence-electron chi connectivity index (χ2n) is 5.04. The molecule has 0 radical (unpaired) electrons. The first-order valence-electron chi connectivity index (χ1n) is 7.51. The number of amides is 1. The first-order valence-corrected chi connectivity index (χ1v) is 7.51. The molecule has 0 N–H and O–H groups in total. The molecule has 8 heteroatoms. The molecule has 1 aromatic heterocycles. The Kier molecular flexibility index (Phi) is 5.40. The van der Waals surface area contributed by atoms with Crippen molar-refractivity contribution in [3.8, 4) is 5.69 Å². The Bertz CT molecular complexity index is 684. The lowest BCUT2D eigenvalue weighted by Gasteiger charge is -2.20. The van der Waals surface area contributed by atoms with Crippen LogP contribution >= 0.6 is 0 Å². The lowest BCUT2D eigenvalue weighted by molar-refractivity contribution is -0.384. The summed E-state index contributed by atoms with van der Waals surface area (Å²) >= 11 is 0. The van der Waals surface area contributed by atoms with Crippen LogP contribution in [-0.2, 0) is 0 Å². The number of aromatic nitrogens is 3. The minimum atomic E-state index is -0.518. The Balaban J connectivity index is 2.35. The molecule has 0 aliphatic rings. The van der Waals surface area contributed by atoms with E-state index in [0.29, 0.717) is 18.7 Å². The van der Waals surface area contributed by atoms with Gasteiger partial charge in [-0.25, -0.2) is 9.67 Å². The van der Waals surface area contributed by atoms with E-state index in [1.165, 1.54) is 29.5 Å². The third kappa shape index (κ3) is 3.71. The van der Waals surface area contributed by atoms with Crippen LogP contribution in [0.25, 0.3) is 5.69 Å². The van der Waals surface area contributed by atoms with Crippen LogP contribution in [0.5, 0.6) is 0 Å². The third-order valence-corrected chi connectivity index (χ3v) is 3.54. The number of nitro groups is 1. The van der Waals surface area contributed by atoms with Crippen LogP contribution < -0.4 is 0 Å². The van der Waals surface area contributed by atoms with E-state index in [0.717, 1.165) is 12.8 Å². The SMILES string of the molecule is CCCCN(CC)C(=O)c1ccc(-n2cncn2)c([N+](=O)[O-])c1. The van der Waals surface area contributed by atoms with Crippen LogP contribution in [0.3, 0.4) is 0 Å². The summed E-state index contributed by atoms with van der Waals surface area (Å²) in [5.41, 5.74) is 0.409. The number of carbonyl (C=O) groups excluding carboxylic acids is 1. The van der Waals surface area contributed by atoms with E-state index in [9.17, 15) is 14.9 Å². The first kappa shape index (κ1) is 16.6. The topological polar surface area (TPSA) is 94.2 Å². The summed E-state index contributed by atoms with van der Waals surface area (Å²) in [6.07, 6.45) is 4.56. The van der Waals surface area contributed by atoms with Crippen molar-refractivity contribution in [2.75, 3.05) is 13.1 Å². The summed E-state index contributed by atoms with van der Waals surface area (Å²) in [5, 5.41) is 15.2. The molecule has 0 aliphatic heterocycles. The fraction of sp³-hybridized carbons (Fsp3) is 0.400. The molecule has 0 bridgehead atoms. The van der Waals surface area contributed by atoms with Gasteiger partial charge in [-0.05, 0) is 25.5 Å². The molecule has 0 saturated carbocycles. The Labute approximate surface area is 133 Å². The van der Waals surface area contributed by atoms with Gasteiger partial charge < -0.3 is 4.90 Å². The highest BCUT2D eigenvalue weighted by Crippen LogP contribution is 2.24. The normalized spacial score (nSPS) is 10.5. The van der Waals surface area contributed by atoms with Gasteiger partial charge in [0.15, 0.2) is 0 Å². The molecule has 1 aromatic carbocycles. The fourth-order valence-corrected chi connectivity index (χ4v) is 2.26. The second kappa shape index (κ2) is 7.48. The standard InChI is InChI=1S/C15H19N5O3/c1-3-5-8-18(4-2)15(21)12-6-7-13(14(9-12)20(22)23)19-11-16-10-17-19/h6-7,9-11H,3-5,8H2,1-2H3. The molecule has 8 nitrogen and oxygen atoms in total. The Morgan fingerprint density at radius 3 is 2.74 bits per heavy atom. The van der Waals surface area contributed by atoms with E-state index in [1.54, 1.807) is 11.0 Å². The van der Waals surface area contributed by atoms with Gasteiger partial charge in [-0.3, -0.25) is 14.9 Å². The van der Waals surface area contributed by atoms with Crippen molar-refractivity contribution in [1.82, 2.24) is 19.7 Å². The van der Waals surface area contributed by atoms with Crippen molar-refractivity contribution in [1.29, 1.82) is 0 Å². The zero-order valence-electron chi connectivity index (χ0n) is 13.2. The van der Waals surface area contributed by atoms with E-state index < -0.39 is 4.92 Å². The molecule has 2 aromatic rings. The van der Waals surface area contributed by atoms with E-state index >= 15 is 0 Å². The predicted octanol–water partition coefficient (Wildman–Crippen LogP) is 2.44. The van der Waals surface area contributed by atoms with Gasteiger partial charge >= 0.3 is 0 Å². The number of rotatable bonds is 7. The smallest absolute Gasteiger partial charge is 0.295 e. The maximum atomic E-state index is 12.5. The average Bonchev–Trinajstić information content (AvgIpc) is 3.09.